The van der Waals surface area contributed by atoms with Gasteiger partial charge in [-0.25, -0.2) is 9.78 Å². The van der Waals surface area contributed by atoms with Gasteiger partial charge >= 0.3 is 18.5 Å². The Labute approximate surface area is 113 Å². The fraction of sp³-hybridized carbons (Fsp3) is 0.400. The minimum Gasteiger partial charge on any atom is -0.465 e. The van der Waals surface area contributed by atoms with Crippen molar-refractivity contribution in [2.45, 2.75) is 19.1 Å². The lowest BCUT2D eigenvalue weighted by Gasteiger charge is -2.16. The van der Waals surface area contributed by atoms with Gasteiger partial charge in [-0.15, -0.1) is 13.2 Å². The topological polar surface area (TPSA) is 74.4 Å². The maximum Gasteiger partial charge on any atom is 0.574 e. The van der Waals surface area contributed by atoms with Crippen molar-refractivity contribution >= 4 is 5.97 Å². The first-order valence-electron chi connectivity index (χ1n) is 5.15. The number of methoxy groups -OCH3 is 1. The minimum atomic E-state index is -5.34. The van der Waals surface area contributed by atoms with Crippen LogP contribution in [0.5, 0.6) is 5.88 Å². The van der Waals surface area contributed by atoms with Gasteiger partial charge in [0.1, 0.15) is 11.3 Å². The number of halogens is 6. The van der Waals surface area contributed by atoms with E-state index in [0.29, 0.717) is 6.07 Å². The molecule has 0 unspecified atom stereocenters. The molecule has 5 nitrogen and oxygen atoms in total. The van der Waals surface area contributed by atoms with Crippen molar-refractivity contribution in [3.05, 3.63) is 22.9 Å². The van der Waals surface area contributed by atoms with Crippen LogP contribution in [0.1, 0.15) is 21.6 Å². The van der Waals surface area contributed by atoms with Crippen LogP contribution in [0.15, 0.2) is 6.07 Å². The summed E-state index contributed by atoms with van der Waals surface area (Å²) in [6.45, 7) is -0.649. The van der Waals surface area contributed by atoms with Crippen LogP contribution in [-0.4, -0.2) is 24.4 Å². The van der Waals surface area contributed by atoms with Gasteiger partial charge in [-0.05, 0) is 11.6 Å². The van der Waals surface area contributed by atoms with Gasteiger partial charge in [0.05, 0.1) is 7.11 Å². The lowest BCUT2D eigenvalue weighted by Crippen LogP contribution is -2.23. The molecule has 118 valence electrons. The third-order valence-electron chi connectivity index (χ3n) is 2.18. The Morgan fingerprint density at radius 1 is 1.29 bits per heavy atom. The van der Waals surface area contributed by atoms with Gasteiger partial charge in [-0.1, -0.05) is 0 Å². The second-order valence-electron chi connectivity index (χ2n) is 3.59. The molecule has 0 amide bonds. The first-order valence-corrected chi connectivity index (χ1v) is 5.15. The monoisotopic (exact) mass is 318 g/mol. The van der Waals surface area contributed by atoms with E-state index in [1.165, 1.54) is 0 Å². The first-order chi connectivity index (χ1) is 9.49. The Kier molecular flexibility index (Phi) is 4.66. The number of carbonyl (C=O) groups is 1. The number of ether oxygens (including phenoxy) is 2. The van der Waals surface area contributed by atoms with Crippen molar-refractivity contribution in [2.75, 3.05) is 7.11 Å². The Morgan fingerprint density at radius 3 is 2.24 bits per heavy atom. The van der Waals surface area contributed by atoms with Gasteiger partial charge in [0.15, 0.2) is 0 Å². The zero-order chi connectivity index (χ0) is 16.4. The number of hydrogen-bond donors (Lipinski definition) is 1. The van der Waals surface area contributed by atoms with Crippen LogP contribution < -0.4 is 10.5 Å². The molecule has 0 aliphatic rings. The van der Waals surface area contributed by atoms with E-state index in [2.05, 4.69) is 14.5 Å². The molecule has 0 saturated carbocycles. The highest BCUT2D eigenvalue weighted by molar-refractivity contribution is 5.93. The van der Waals surface area contributed by atoms with Crippen molar-refractivity contribution in [3.63, 3.8) is 0 Å². The van der Waals surface area contributed by atoms with Crippen molar-refractivity contribution < 1.29 is 40.6 Å². The molecular formula is C10H8F6N2O3. The van der Waals surface area contributed by atoms with Gasteiger partial charge in [0, 0.05) is 6.54 Å². The first kappa shape index (κ1) is 17.0. The van der Waals surface area contributed by atoms with Crippen LogP contribution in [-0.2, 0) is 17.5 Å². The van der Waals surface area contributed by atoms with Gasteiger partial charge in [0.2, 0.25) is 5.88 Å². The molecule has 0 radical (unpaired) electrons. The number of nitrogens with two attached hydrogens (primary N) is 1. The van der Waals surface area contributed by atoms with E-state index >= 15 is 0 Å². The van der Waals surface area contributed by atoms with E-state index in [0.717, 1.165) is 7.11 Å². The highest BCUT2D eigenvalue weighted by Crippen LogP contribution is 2.34. The molecule has 0 bridgehead atoms. The molecule has 0 spiro atoms. The lowest BCUT2D eigenvalue weighted by molar-refractivity contribution is -0.276. The van der Waals surface area contributed by atoms with Gasteiger partial charge in [-0.2, -0.15) is 13.2 Å². The molecule has 1 aromatic rings. The van der Waals surface area contributed by atoms with Crippen LogP contribution in [0, 0.1) is 0 Å². The molecule has 0 fully saturated rings. The van der Waals surface area contributed by atoms with E-state index in [4.69, 9.17) is 5.73 Å². The standard InChI is InChI=1S/C10H8F6N2O3/c1-20-8(19)6-4(3-17)2-5(9(11,12)13)18-7(6)21-10(14,15)16/h2H,3,17H2,1H3. The zero-order valence-electron chi connectivity index (χ0n) is 10.3. The summed E-state index contributed by atoms with van der Waals surface area (Å²) in [5.41, 5.74) is 2.03. The molecule has 0 aliphatic carbocycles. The number of nitrogens with zero attached hydrogens (tertiary/aromatic N) is 1. The Balaban J connectivity index is 3.56. The highest BCUT2D eigenvalue weighted by atomic mass is 19.4. The van der Waals surface area contributed by atoms with Crippen LogP contribution in [0.25, 0.3) is 0 Å². The average Bonchev–Trinajstić information content (AvgIpc) is 2.33. The van der Waals surface area contributed by atoms with E-state index < -0.39 is 47.8 Å². The van der Waals surface area contributed by atoms with Crippen molar-refractivity contribution in [2.24, 2.45) is 5.73 Å². The molecule has 11 heteroatoms. The maximum absolute atomic E-state index is 12.6. The summed E-state index contributed by atoms with van der Waals surface area (Å²) in [5, 5.41) is 0. The molecular weight excluding hydrogens is 310 g/mol. The van der Waals surface area contributed by atoms with E-state index in [-0.39, 0.29) is 0 Å². The summed E-state index contributed by atoms with van der Waals surface area (Å²) >= 11 is 0. The molecule has 1 aromatic heterocycles. The summed E-state index contributed by atoms with van der Waals surface area (Å²) in [6, 6.07) is 0.357. The second-order valence-corrected chi connectivity index (χ2v) is 3.59. The largest absolute Gasteiger partial charge is 0.574 e. The highest BCUT2D eigenvalue weighted by Gasteiger charge is 2.39. The summed E-state index contributed by atoms with van der Waals surface area (Å²) in [6.07, 6.45) is -10.4. The lowest BCUT2D eigenvalue weighted by atomic mass is 10.1. The predicted octanol–water partition coefficient (Wildman–Crippen LogP) is 2.24. The maximum atomic E-state index is 12.6. The molecule has 0 saturated heterocycles. The smallest absolute Gasteiger partial charge is 0.465 e. The van der Waals surface area contributed by atoms with Gasteiger partial charge in [0.25, 0.3) is 0 Å². The number of esters is 1. The van der Waals surface area contributed by atoms with Gasteiger partial charge in [-0.3, -0.25) is 0 Å². The molecule has 1 rings (SSSR count). The summed E-state index contributed by atoms with van der Waals surface area (Å²) in [7, 11) is 0.831. The molecule has 0 atom stereocenters. The second kappa shape index (κ2) is 5.76. The Bertz CT molecular complexity index is 541. The molecule has 21 heavy (non-hydrogen) atoms. The van der Waals surface area contributed by atoms with Crippen LogP contribution in [0.3, 0.4) is 0 Å². The normalized spacial score (nSPS) is 12.2. The fourth-order valence-electron chi connectivity index (χ4n) is 1.38. The summed E-state index contributed by atoms with van der Waals surface area (Å²) in [5.74, 6) is -2.92. The van der Waals surface area contributed by atoms with E-state index in [9.17, 15) is 31.1 Å². The third kappa shape index (κ3) is 4.21. The fourth-order valence-corrected chi connectivity index (χ4v) is 1.38. The summed E-state index contributed by atoms with van der Waals surface area (Å²) in [4.78, 5) is 14.1. The number of aromatic nitrogens is 1. The third-order valence-corrected chi connectivity index (χ3v) is 2.18. The van der Waals surface area contributed by atoms with E-state index in [1.54, 1.807) is 0 Å². The minimum absolute atomic E-state index is 0.357. The Hall–Kier alpha value is -2.04. The van der Waals surface area contributed by atoms with Crippen LogP contribution >= 0.6 is 0 Å². The van der Waals surface area contributed by atoms with Crippen molar-refractivity contribution in [1.82, 2.24) is 4.98 Å². The van der Waals surface area contributed by atoms with E-state index in [1.807, 2.05) is 0 Å². The Morgan fingerprint density at radius 2 is 1.86 bits per heavy atom. The van der Waals surface area contributed by atoms with Crippen LogP contribution in [0.4, 0.5) is 26.3 Å². The number of alkyl halides is 6. The SMILES string of the molecule is COC(=O)c1c(CN)cc(C(F)(F)F)nc1OC(F)(F)F. The molecule has 2 N–H and O–H groups in total. The van der Waals surface area contributed by atoms with Crippen molar-refractivity contribution in [1.29, 1.82) is 0 Å². The number of carbonyl (C=O) groups excluding carboxylic acids is 1. The van der Waals surface area contributed by atoms with Crippen LogP contribution in [0.2, 0.25) is 0 Å². The zero-order valence-corrected chi connectivity index (χ0v) is 10.3. The molecule has 0 aliphatic heterocycles. The number of rotatable bonds is 3. The average molecular weight is 318 g/mol. The number of pyridine rings is 1. The summed E-state index contributed by atoms with van der Waals surface area (Å²) < 4.78 is 82.0. The quantitative estimate of drug-likeness (QED) is 0.683. The molecule has 0 aromatic carbocycles. The number of hydrogen-bond acceptors (Lipinski definition) is 5. The van der Waals surface area contributed by atoms with Crippen molar-refractivity contribution in [3.8, 4) is 5.88 Å². The predicted molar refractivity (Wildman–Crippen MR) is 55.2 cm³/mol. The molecule has 1 heterocycles. The van der Waals surface area contributed by atoms with Gasteiger partial charge < -0.3 is 15.2 Å².